The summed E-state index contributed by atoms with van der Waals surface area (Å²) in [5.41, 5.74) is 3.60. The zero-order valence-corrected chi connectivity index (χ0v) is 17.9. The molecule has 3 aromatic rings. The molecule has 0 amide bonds. The lowest BCUT2D eigenvalue weighted by Gasteiger charge is -2.22. The quantitative estimate of drug-likeness (QED) is 0.455. The summed E-state index contributed by atoms with van der Waals surface area (Å²) in [6.07, 6.45) is 7.52. The fourth-order valence-corrected chi connectivity index (χ4v) is 4.13. The van der Waals surface area contributed by atoms with E-state index in [0.717, 1.165) is 17.7 Å². The van der Waals surface area contributed by atoms with Gasteiger partial charge >= 0.3 is 0 Å². The molecule has 3 nitrogen and oxygen atoms in total. The summed E-state index contributed by atoms with van der Waals surface area (Å²) in [4.78, 5) is 0. The molecular weight excluding hydrogens is 372 g/mol. The normalized spacial score (nSPS) is 14.5. The molecule has 0 bridgehead atoms. The largest absolute Gasteiger partial charge is 0.504 e. The van der Waals surface area contributed by atoms with Crippen LogP contribution in [0.15, 0.2) is 60.7 Å². The third kappa shape index (κ3) is 4.79. The van der Waals surface area contributed by atoms with Crippen LogP contribution in [0.4, 0.5) is 0 Å². The van der Waals surface area contributed by atoms with Crippen LogP contribution in [0, 0.1) is 6.92 Å². The molecule has 1 aliphatic carbocycles. The van der Waals surface area contributed by atoms with Crippen LogP contribution in [0.3, 0.4) is 0 Å². The lowest BCUT2D eigenvalue weighted by Crippen LogP contribution is -2.04. The van der Waals surface area contributed by atoms with Crippen LogP contribution < -0.4 is 9.47 Å². The van der Waals surface area contributed by atoms with Crippen LogP contribution in [0.5, 0.6) is 28.7 Å². The summed E-state index contributed by atoms with van der Waals surface area (Å²) in [6.45, 7) is 4.09. The molecule has 1 saturated carbocycles. The average molecular weight is 403 g/mol. The lowest BCUT2D eigenvalue weighted by molar-refractivity contribution is 0.388. The van der Waals surface area contributed by atoms with Crippen LogP contribution >= 0.6 is 0 Å². The Labute approximate surface area is 179 Å². The van der Waals surface area contributed by atoms with Crippen molar-refractivity contribution < 1.29 is 14.6 Å². The monoisotopic (exact) mass is 402 g/mol. The Morgan fingerprint density at radius 3 is 2.30 bits per heavy atom. The predicted octanol–water partition coefficient (Wildman–Crippen LogP) is 7.90. The molecular formula is C27H30O3. The van der Waals surface area contributed by atoms with Crippen molar-refractivity contribution in [2.24, 2.45) is 0 Å². The zero-order chi connectivity index (χ0) is 20.9. The summed E-state index contributed by atoms with van der Waals surface area (Å²) in [7, 11) is 0. The molecule has 156 valence electrons. The second-order valence-corrected chi connectivity index (χ2v) is 8.21. The van der Waals surface area contributed by atoms with Gasteiger partial charge in [0, 0.05) is 0 Å². The molecule has 0 aromatic heterocycles. The van der Waals surface area contributed by atoms with Gasteiger partial charge in [0.25, 0.3) is 0 Å². The van der Waals surface area contributed by atoms with Crippen molar-refractivity contribution in [3.63, 3.8) is 0 Å². The van der Waals surface area contributed by atoms with Gasteiger partial charge in [-0.05, 0) is 85.2 Å². The first-order chi connectivity index (χ1) is 14.6. The number of aromatic hydroxyl groups is 1. The molecule has 3 heteroatoms. The minimum atomic E-state index is 0.114. The van der Waals surface area contributed by atoms with E-state index < -0.39 is 0 Å². The molecule has 1 fully saturated rings. The minimum Gasteiger partial charge on any atom is -0.504 e. The van der Waals surface area contributed by atoms with Crippen LogP contribution in [0.25, 0.3) is 0 Å². The zero-order valence-electron chi connectivity index (χ0n) is 17.9. The smallest absolute Gasteiger partial charge is 0.170 e. The Morgan fingerprint density at radius 2 is 1.57 bits per heavy atom. The molecule has 0 saturated heterocycles. The van der Waals surface area contributed by atoms with Crippen molar-refractivity contribution in [2.45, 2.75) is 58.3 Å². The number of benzene rings is 3. The van der Waals surface area contributed by atoms with Crippen molar-refractivity contribution in [1.29, 1.82) is 0 Å². The molecule has 0 spiro atoms. The summed E-state index contributed by atoms with van der Waals surface area (Å²) >= 11 is 0. The van der Waals surface area contributed by atoms with Gasteiger partial charge in [-0.25, -0.2) is 0 Å². The first-order valence-corrected chi connectivity index (χ1v) is 11.0. The van der Waals surface area contributed by atoms with Crippen molar-refractivity contribution in [2.75, 3.05) is 0 Å². The van der Waals surface area contributed by atoms with Gasteiger partial charge in [-0.2, -0.15) is 0 Å². The number of phenols is 1. The SMILES string of the molecule is CCc1ccc(Oc2cc(C)ccc2O)c(Oc2ccc(C3CCCCC3)cc2)c1. The Morgan fingerprint density at radius 1 is 0.800 bits per heavy atom. The first-order valence-electron chi connectivity index (χ1n) is 11.0. The van der Waals surface area contributed by atoms with Gasteiger partial charge < -0.3 is 14.6 Å². The highest BCUT2D eigenvalue weighted by molar-refractivity contribution is 5.51. The third-order valence-corrected chi connectivity index (χ3v) is 5.94. The van der Waals surface area contributed by atoms with Gasteiger partial charge in [0.05, 0.1) is 0 Å². The first kappa shape index (κ1) is 20.3. The number of hydrogen-bond donors (Lipinski definition) is 1. The molecule has 1 N–H and O–H groups in total. The highest BCUT2D eigenvalue weighted by Crippen LogP contribution is 2.39. The van der Waals surface area contributed by atoms with Gasteiger partial charge in [0.2, 0.25) is 0 Å². The molecule has 4 rings (SSSR count). The highest BCUT2D eigenvalue weighted by atomic mass is 16.5. The summed E-state index contributed by atoms with van der Waals surface area (Å²) in [6, 6.07) is 19.8. The van der Waals surface area contributed by atoms with E-state index in [9.17, 15) is 5.11 Å². The second-order valence-electron chi connectivity index (χ2n) is 8.21. The van der Waals surface area contributed by atoms with Gasteiger partial charge in [-0.3, -0.25) is 0 Å². The van der Waals surface area contributed by atoms with E-state index >= 15 is 0 Å². The standard InChI is InChI=1S/C27H30O3/c1-3-20-10-16-25(30-26-17-19(2)9-15-24(26)28)27(18-20)29-23-13-11-22(12-14-23)21-7-5-4-6-8-21/h9-18,21,28H,3-8H2,1-2H3. The topological polar surface area (TPSA) is 38.7 Å². The number of hydrogen-bond acceptors (Lipinski definition) is 3. The average Bonchev–Trinajstić information content (AvgIpc) is 2.78. The van der Waals surface area contributed by atoms with E-state index in [1.807, 2.05) is 37.3 Å². The maximum atomic E-state index is 10.2. The lowest BCUT2D eigenvalue weighted by atomic mass is 9.84. The molecule has 30 heavy (non-hydrogen) atoms. The van der Waals surface area contributed by atoms with Crippen molar-refractivity contribution >= 4 is 0 Å². The van der Waals surface area contributed by atoms with E-state index in [1.165, 1.54) is 43.2 Å². The van der Waals surface area contributed by atoms with E-state index in [2.05, 4.69) is 31.2 Å². The van der Waals surface area contributed by atoms with Gasteiger partial charge in [-0.1, -0.05) is 50.5 Å². The van der Waals surface area contributed by atoms with E-state index in [1.54, 1.807) is 6.07 Å². The highest BCUT2D eigenvalue weighted by Gasteiger charge is 2.16. The van der Waals surface area contributed by atoms with Crippen molar-refractivity contribution in [1.82, 2.24) is 0 Å². The molecule has 0 atom stereocenters. The fraction of sp³-hybridized carbons (Fsp3) is 0.333. The van der Waals surface area contributed by atoms with Crippen molar-refractivity contribution in [3.05, 3.63) is 77.4 Å². The van der Waals surface area contributed by atoms with E-state index in [-0.39, 0.29) is 5.75 Å². The Kier molecular flexibility index (Phi) is 6.27. The Bertz CT molecular complexity index is 985. The minimum absolute atomic E-state index is 0.114. The van der Waals surface area contributed by atoms with Crippen LogP contribution in [-0.4, -0.2) is 5.11 Å². The molecule has 3 aromatic carbocycles. The number of rotatable bonds is 6. The summed E-state index contributed by atoms with van der Waals surface area (Å²) in [5, 5.41) is 10.2. The number of aryl methyl sites for hydroxylation is 2. The van der Waals surface area contributed by atoms with Crippen LogP contribution in [-0.2, 0) is 6.42 Å². The van der Waals surface area contributed by atoms with E-state index in [4.69, 9.17) is 9.47 Å². The second kappa shape index (κ2) is 9.25. The third-order valence-electron chi connectivity index (χ3n) is 5.94. The van der Waals surface area contributed by atoms with E-state index in [0.29, 0.717) is 23.2 Å². The van der Waals surface area contributed by atoms with Gasteiger partial charge in [-0.15, -0.1) is 0 Å². The van der Waals surface area contributed by atoms with Gasteiger partial charge in [0.1, 0.15) is 5.75 Å². The van der Waals surface area contributed by atoms with Crippen molar-refractivity contribution in [3.8, 4) is 28.7 Å². The van der Waals surface area contributed by atoms with Crippen LogP contribution in [0.2, 0.25) is 0 Å². The maximum absolute atomic E-state index is 10.2. The molecule has 0 radical (unpaired) electrons. The molecule has 0 unspecified atom stereocenters. The molecule has 1 aliphatic rings. The molecule has 0 heterocycles. The Balaban J connectivity index is 1.57. The Hall–Kier alpha value is -2.94. The maximum Gasteiger partial charge on any atom is 0.170 e. The predicted molar refractivity (Wildman–Crippen MR) is 121 cm³/mol. The van der Waals surface area contributed by atoms with Crippen LogP contribution in [0.1, 0.15) is 61.6 Å². The summed E-state index contributed by atoms with van der Waals surface area (Å²) in [5.74, 6) is 3.25. The fourth-order valence-electron chi connectivity index (χ4n) is 4.13. The van der Waals surface area contributed by atoms with Gasteiger partial charge in [0.15, 0.2) is 23.0 Å². The molecule has 0 aliphatic heterocycles. The number of ether oxygens (including phenoxy) is 2. The summed E-state index contributed by atoms with van der Waals surface area (Å²) < 4.78 is 12.3. The number of phenolic OH excluding ortho intramolecular Hbond substituents is 1.